The second kappa shape index (κ2) is 5.36. The molecule has 1 aromatic rings. The van der Waals surface area contributed by atoms with Gasteiger partial charge in [-0.1, -0.05) is 6.92 Å². The van der Waals surface area contributed by atoms with Crippen molar-refractivity contribution in [3.63, 3.8) is 0 Å². The van der Waals surface area contributed by atoms with E-state index in [0.29, 0.717) is 12.3 Å². The van der Waals surface area contributed by atoms with Crippen molar-refractivity contribution in [2.75, 3.05) is 13.2 Å². The molecule has 0 aliphatic carbocycles. The van der Waals surface area contributed by atoms with E-state index in [9.17, 15) is 4.79 Å². The molecule has 2 heterocycles. The number of hydrogen-bond donors (Lipinski definition) is 1. The topological polar surface area (TPSA) is 59.7 Å². The summed E-state index contributed by atoms with van der Waals surface area (Å²) in [6, 6.07) is 3.87. The first-order valence-corrected chi connectivity index (χ1v) is 6.06. The quantitative estimate of drug-likeness (QED) is 0.875. The molecule has 1 unspecified atom stereocenters. The molecule has 0 saturated carbocycles. The molecule has 4 nitrogen and oxygen atoms in total. The second-order valence-electron chi connectivity index (χ2n) is 4.63. The largest absolute Gasteiger partial charge is 0.481 e. The Kier molecular flexibility index (Phi) is 3.84. The summed E-state index contributed by atoms with van der Waals surface area (Å²) >= 11 is 0. The Bertz CT molecular complexity index is 377. The zero-order valence-corrected chi connectivity index (χ0v) is 10.0. The van der Waals surface area contributed by atoms with Crippen LogP contribution in [0.4, 0.5) is 0 Å². The number of hydrogen-bond acceptors (Lipinski definition) is 3. The van der Waals surface area contributed by atoms with Gasteiger partial charge in [-0.3, -0.25) is 4.79 Å². The predicted octanol–water partition coefficient (Wildman–Crippen LogP) is 2.44. The first kappa shape index (κ1) is 12.2. The van der Waals surface area contributed by atoms with Crippen LogP contribution in [0.1, 0.15) is 37.2 Å². The molecule has 1 saturated heterocycles. The van der Waals surface area contributed by atoms with Gasteiger partial charge in [0.05, 0.1) is 5.92 Å². The third-order valence-corrected chi connectivity index (χ3v) is 3.24. The van der Waals surface area contributed by atoms with Crippen LogP contribution in [-0.4, -0.2) is 24.3 Å². The SMILES string of the molecule is CC(Cc1ccc(C2CCOCC2)o1)C(=O)O. The van der Waals surface area contributed by atoms with Crippen molar-refractivity contribution in [1.29, 1.82) is 0 Å². The maximum absolute atomic E-state index is 10.8. The van der Waals surface area contributed by atoms with Crippen LogP contribution in [0, 0.1) is 5.92 Å². The van der Waals surface area contributed by atoms with Crippen LogP contribution in [-0.2, 0) is 16.0 Å². The van der Waals surface area contributed by atoms with E-state index < -0.39 is 11.9 Å². The van der Waals surface area contributed by atoms with Gasteiger partial charge in [0.2, 0.25) is 0 Å². The molecule has 1 N–H and O–H groups in total. The number of rotatable bonds is 4. The van der Waals surface area contributed by atoms with Crippen LogP contribution in [0.25, 0.3) is 0 Å². The number of aliphatic carboxylic acids is 1. The summed E-state index contributed by atoms with van der Waals surface area (Å²) < 4.78 is 11.0. The number of carboxylic acids is 1. The molecule has 1 aliphatic rings. The van der Waals surface area contributed by atoms with Crippen molar-refractivity contribution in [2.24, 2.45) is 5.92 Å². The minimum absolute atomic E-state index is 0.399. The fraction of sp³-hybridized carbons (Fsp3) is 0.615. The van der Waals surface area contributed by atoms with E-state index in [0.717, 1.165) is 37.6 Å². The van der Waals surface area contributed by atoms with E-state index in [-0.39, 0.29) is 0 Å². The average Bonchev–Trinajstić information content (AvgIpc) is 2.78. The van der Waals surface area contributed by atoms with Crippen molar-refractivity contribution in [3.8, 4) is 0 Å². The number of carbonyl (C=O) groups is 1. The van der Waals surface area contributed by atoms with Gasteiger partial charge < -0.3 is 14.3 Å². The minimum atomic E-state index is -0.783. The van der Waals surface area contributed by atoms with E-state index in [4.69, 9.17) is 14.3 Å². The Morgan fingerprint density at radius 1 is 1.47 bits per heavy atom. The van der Waals surface area contributed by atoms with Gasteiger partial charge in [-0.05, 0) is 25.0 Å². The monoisotopic (exact) mass is 238 g/mol. The van der Waals surface area contributed by atoms with Crippen molar-refractivity contribution in [3.05, 3.63) is 23.7 Å². The lowest BCUT2D eigenvalue weighted by atomic mass is 9.98. The maximum atomic E-state index is 10.8. The molecule has 2 rings (SSSR count). The van der Waals surface area contributed by atoms with Gasteiger partial charge in [-0.2, -0.15) is 0 Å². The lowest BCUT2D eigenvalue weighted by Gasteiger charge is -2.19. The Hall–Kier alpha value is -1.29. The first-order chi connectivity index (χ1) is 8.16. The van der Waals surface area contributed by atoms with E-state index in [1.807, 2.05) is 12.1 Å². The summed E-state index contributed by atoms with van der Waals surface area (Å²) in [5.41, 5.74) is 0. The van der Waals surface area contributed by atoms with Crippen molar-refractivity contribution >= 4 is 5.97 Å². The molecule has 0 radical (unpaired) electrons. The van der Waals surface area contributed by atoms with Crippen LogP contribution in [0.3, 0.4) is 0 Å². The summed E-state index contributed by atoms with van der Waals surface area (Å²) in [5.74, 6) is 0.984. The molecule has 94 valence electrons. The van der Waals surface area contributed by atoms with E-state index in [2.05, 4.69) is 0 Å². The predicted molar refractivity (Wildman–Crippen MR) is 62.0 cm³/mol. The van der Waals surface area contributed by atoms with Gasteiger partial charge in [0.15, 0.2) is 0 Å². The van der Waals surface area contributed by atoms with Gasteiger partial charge in [0.1, 0.15) is 11.5 Å². The van der Waals surface area contributed by atoms with E-state index >= 15 is 0 Å². The van der Waals surface area contributed by atoms with E-state index in [1.54, 1.807) is 6.92 Å². The fourth-order valence-electron chi connectivity index (χ4n) is 2.09. The van der Waals surface area contributed by atoms with Gasteiger partial charge >= 0.3 is 5.97 Å². The molecule has 17 heavy (non-hydrogen) atoms. The van der Waals surface area contributed by atoms with Gasteiger partial charge in [0, 0.05) is 25.6 Å². The standard InChI is InChI=1S/C13H18O4/c1-9(13(14)15)8-11-2-3-12(17-11)10-4-6-16-7-5-10/h2-3,9-10H,4-8H2,1H3,(H,14,15). The molecule has 1 fully saturated rings. The average molecular weight is 238 g/mol. The molecule has 0 bridgehead atoms. The van der Waals surface area contributed by atoms with Crippen LogP contribution in [0.2, 0.25) is 0 Å². The molecular formula is C13H18O4. The number of ether oxygens (including phenoxy) is 1. The fourth-order valence-corrected chi connectivity index (χ4v) is 2.09. The molecule has 4 heteroatoms. The van der Waals surface area contributed by atoms with Crippen LogP contribution in [0.15, 0.2) is 16.5 Å². The zero-order valence-electron chi connectivity index (χ0n) is 10.0. The van der Waals surface area contributed by atoms with Gasteiger partial charge in [-0.25, -0.2) is 0 Å². The Morgan fingerprint density at radius 3 is 2.82 bits per heavy atom. The molecule has 1 aliphatic heterocycles. The molecule has 0 aromatic carbocycles. The highest BCUT2D eigenvalue weighted by atomic mass is 16.5. The van der Waals surface area contributed by atoms with Crippen molar-refractivity contribution in [2.45, 2.75) is 32.1 Å². The number of carboxylic acid groups (broad SMARTS) is 1. The third kappa shape index (κ3) is 3.09. The lowest BCUT2D eigenvalue weighted by Crippen LogP contribution is -2.13. The van der Waals surface area contributed by atoms with E-state index in [1.165, 1.54) is 0 Å². The Labute approximate surface area is 101 Å². The summed E-state index contributed by atoms with van der Waals surface area (Å²) in [4.78, 5) is 10.8. The van der Waals surface area contributed by atoms with Crippen LogP contribution >= 0.6 is 0 Å². The number of furan rings is 1. The Balaban J connectivity index is 1.97. The summed E-state index contributed by atoms with van der Waals surface area (Å²) in [5, 5.41) is 8.84. The summed E-state index contributed by atoms with van der Waals surface area (Å²) in [7, 11) is 0. The molecule has 1 aromatic heterocycles. The summed E-state index contributed by atoms with van der Waals surface area (Å²) in [6.07, 6.45) is 2.43. The van der Waals surface area contributed by atoms with Gasteiger partial charge in [-0.15, -0.1) is 0 Å². The molecule has 0 amide bonds. The van der Waals surface area contributed by atoms with Crippen molar-refractivity contribution < 1.29 is 19.1 Å². The smallest absolute Gasteiger partial charge is 0.306 e. The normalized spacial score (nSPS) is 19.1. The highest BCUT2D eigenvalue weighted by Crippen LogP contribution is 2.28. The summed E-state index contributed by atoms with van der Waals surface area (Å²) in [6.45, 7) is 3.26. The minimum Gasteiger partial charge on any atom is -0.481 e. The Morgan fingerprint density at radius 2 is 2.18 bits per heavy atom. The van der Waals surface area contributed by atoms with Gasteiger partial charge in [0.25, 0.3) is 0 Å². The second-order valence-corrected chi connectivity index (χ2v) is 4.63. The first-order valence-electron chi connectivity index (χ1n) is 6.06. The van der Waals surface area contributed by atoms with Crippen LogP contribution in [0.5, 0.6) is 0 Å². The highest BCUT2D eigenvalue weighted by Gasteiger charge is 2.20. The lowest BCUT2D eigenvalue weighted by molar-refractivity contribution is -0.141. The van der Waals surface area contributed by atoms with Crippen molar-refractivity contribution in [1.82, 2.24) is 0 Å². The third-order valence-electron chi connectivity index (χ3n) is 3.24. The molecule has 1 atom stereocenters. The molecular weight excluding hydrogens is 220 g/mol. The molecule has 0 spiro atoms. The van der Waals surface area contributed by atoms with Crippen LogP contribution < -0.4 is 0 Å². The maximum Gasteiger partial charge on any atom is 0.306 e. The highest BCUT2D eigenvalue weighted by molar-refractivity contribution is 5.69. The zero-order chi connectivity index (χ0) is 12.3.